The van der Waals surface area contributed by atoms with Crippen LogP contribution in [0.25, 0.3) is 10.9 Å². The van der Waals surface area contributed by atoms with Crippen LogP contribution in [0.15, 0.2) is 28.9 Å². The number of hydrogen-bond acceptors (Lipinski definition) is 4. The van der Waals surface area contributed by atoms with Crippen LogP contribution in [0.4, 0.5) is 11.4 Å². The highest BCUT2D eigenvalue weighted by Gasteiger charge is 2.24. The molecule has 112 valence electrons. The molecule has 0 amide bonds. The van der Waals surface area contributed by atoms with E-state index < -0.39 is 0 Å². The standard InChI is InChI=1S/C16H20BrN3O/c17-11-5-6-15-13(8-11)16(14(18)9-19-15)20-7-3-1-2-4-12(20)10-21/h5-6,8-9,12,21H,1-4,7,10,18H2. The van der Waals surface area contributed by atoms with Gasteiger partial charge in [-0.05, 0) is 31.0 Å². The number of nitrogen functional groups attached to an aromatic ring is 1. The molecule has 21 heavy (non-hydrogen) atoms. The van der Waals surface area contributed by atoms with Crippen LogP contribution in [-0.4, -0.2) is 29.3 Å². The van der Waals surface area contributed by atoms with E-state index in [0.29, 0.717) is 5.69 Å². The van der Waals surface area contributed by atoms with E-state index in [1.165, 1.54) is 6.42 Å². The number of rotatable bonds is 2. The smallest absolute Gasteiger partial charge is 0.0745 e. The molecule has 1 atom stereocenters. The first-order chi connectivity index (χ1) is 10.2. The topological polar surface area (TPSA) is 62.4 Å². The molecule has 0 saturated carbocycles. The number of aliphatic hydroxyl groups excluding tert-OH is 1. The number of nitrogens with two attached hydrogens (primary N) is 1. The molecule has 0 bridgehead atoms. The minimum atomic E-state index is 0.138. The number of hydrogen-bond donors (Lipinski definition) is 2. The molecule has 1 fully saturated rings. The van der Waals surface area contributed by atoms with Gasteiger partial charge in [0.1, 0.15) is 0 Å². The molecule has 2 aromatic rings. The molecule has 0 spiro atoms. The lowest BCUT2D eigenvalue weighted by Crippen LogP contribution is -2.38. The lowest BCUT2D eigenvalue weighted by atomic mass is 10.1. The molecule has 1 saturated heterocycles. The molecule has 3 rings (SSSR count). The molecule has 1 unspecified atom stereocenters. The third-order valence-corrected chi connectivity index (χ3v) is 4.70. The molecule has 4 nitrogen and oxygen atoms in total. The van der Waals surface area contributed by atoms with Gasteiger partial charge in [-0.25, -0.2) is 0 Å². The summed E-state index contributed by atoms with van der Waals surface area (Å²) in [5.41, 5.74) is 8.87. The van der Waals surface area contributed by atoms with Crippen molar-refractivity contribution >= 4 is 38.2 Å². The van der Waals surface area contributed by atoms with E-state index in [9.17, 15) is 5.11 Å². The van der Waals surface area contributed by atoms with E-state index in [2.05, 4.69) is 31.9 Å². The number of aromatic nitrogens is 1. The van der Waals surface area contributed by atoms with E-state index in [-0.39, 0.29) is 12.6 Å². The second-order valence-electron chi connectivity index (χ2n) is 5.60. The number of benzene rings is 1. The van der Waals surface area contributed by atoms with Gasteiger partial charge < -0.3 is 15.7 Å². The van der Waals surface area contributed by atoms with E-state index in [0.717, 1.165) is 46.9 Å². The van der Waals surface area contributed by atoms with Gasteiger partial charge in [0.15, 0.2) is 0 Å². The van der Waals surface area contributed by atoms with Crippen LogP contribution in [0.1, 0.15) is 25.7 Å². The zero-order valence-electron chi connectivity index (χ0n) is 11.9. The van der Waals surface area contributed by atoms with Crippen LogP contribution >= 0.6 is 15.9 Å². The summed E-state index contributed by atoms with van der Waals surface area (Å²) in [4.78, 5) is 6.69. The average Bonchev–Trinajstić information content (AvgIpc) is 2.72. The van der Waals surface area contributed by atoms with Crippen molar-refractivity contribution in [3.63, 3.8) is 0 Å². The van der Waals surface area contributed by atoms with Gasteiger partial charge in [0.2, 0.25) is 0 Å². The number of halogens is 1. The van der Waals surface area contributed by atoms with Crippen LogP contribution < -0.4 is 10.6 Å². The third kappa shape index (κ3) is 2.85. The summed E-state index contributed by atoms with van der Waals surface area (Å²) in [7, 11) is 0. The fraction of sp³-hybridized carbons (Fsp3) is 0.438. The van der Waals surface area contributed by atoms with Crippen molar-refractivity contribution in [3.8, 4) is 0 Å². The molecular weight excluding hydrogens is 330 g/mol. The lowest BCUT2D eigenvalue weighted by Gasteiger charge is -2.32. The molecule has 1 aliphatic rings. The number of pyridine rings is 1. The highest BCUT2D eigenvalue weighted by atomic mass is 79.9. The summed E-state index contributed by atoms with van der Waals surface area (Å²) in [5.74, 6) is 0. The molecule has 3 N–H and O–H groups in total. The Hall–Kier alpha value is -1.33. The van der Waals surface area contributed by atoms with Crippen molar-refractivity contribution in [2.24, 2.45) is 0 Å². The largest absolute Gasteiger partial charge is 0.396 e. The van der Waals surface area contributed by atoms with Crippen molar-refractivity contribution in [3.05, 3.63) is 28.9 Å². The van der Waals surface area contributed by atoms with Crippen LogP contribution in [0.5, 0.6) is 0 Å². The van der Waals surface area contributed by atoms with Gasteiger partial charge in [-0.15, -0.1) is 0 Å². The fourth-order valence-electron chi connectivity index (χ4n) is 3.15. The van der Waals surface area contributed by atoms with E-state index >= 15 is 0 Å². The predicted octanol–water partition coefficient (Wildman–Crippen LogP) is 3.32. The van der Waals surface area contributed by atoms with Crippen LogP contribution in [0.2, 0.25) is 0 Å². The minimum absolute atomic E-state index is 0.138. The second kappa shape index (κ2) is 6.20. The van der Waals surface area contributed by atoms with Crippen LogP contribution in [0, 0.1) is 0 Å². The molecular formula is C16H20BrN3O. The van der Waals surface area contributed by atoms with Gasteiger partial charge in [0.05, 0.1) is 35.7 Å². The first-order valence-electron chi connectivity index (χ1n) is 7.42. The molecule has 1 aromatic heterocycles. The van der Waals surface area contributed by atoms with Gasteiger partial charge in [0.25, 0.3) is 0 Å². The van der Waals surface area contributed by atoms with Crippen LogP contribution in [-0.2, 0) is 0 Å². The Labute approximate surface area is 133 Å². The Morgan fingerprint density at radius 2 is 2.19 bits per heavy atom. The van der Waals surface area contributed by atoms with Gasteiger partial charge in [-0.2, -0.15) is 0 Å². The van der Waals surface area contributed by atoms with Crippen LogP contribution in [0.3, 0.4) is 0 Å². The predicted molar refractivity (Wildman–Crippen MR) is 90.5 cm³/mol. The summed E-state index contributed by atoms with van der Waals surface area (Å²) in [5, 5.41) is 10.8. The van der Waals surface area contributed by atoms with E-state index in [4.69, 9.17) is 5.73 Å². The molecule has 1 aromatic carbocycles. The second-order valence-corrected chi connectivity index (χ2v) is 6.52. The minimum Gasteiger partial charge on any atom is -0.396 e. The monoisotopic (exact) mass is 349 g/mol. The average molecular weight is 350 g/mol. The lowest BCUT2D eigenvalue weighted by molar-refractivity contribution is 0.255. The molecule has 0 radical (unpaired) electrons. The molecule has 2 heterocycles. The van der Waals surface area contributed by atoms with E-state index in [1.54, 1.807) is 6.20 Å². The number of anilines is 2. The highest BCUT2D eigenvalue weighted by Crippen LogP contribution is 2.36. The number of nitrogens with zero attached hydrogens (tertiary/aromatic N) is 2. The first kappa shape index (κ1) is 14.6. The summed E-state index contributed by atoms with van der Waals surface area (Å²) < 4.78 is 1.01. The summed E-state index contributed by atoms with van der Waals surface area (Å²) in [6.45, 7) is 1.10. The zero-order chi connectivity index (χ0) is 14.8. The summed E-state index contributed by atoms with van der Waals surface area (Å²) >= 11 is 3.53. The zero-order valence-corrected chi connectivity index (χ0v) is 13.5. The highest BCUT2D eigenvalue weighted by molar-refractivity contribution is 9.10. The van der Waals surface area contributed by atoms with Crippen molar-refractivity contribution in [2.45, 2.75) is 31.7 Å². The first-order valence-corrected chi connectivity index (χ1v) is 8.21. The maximum atomic E-state index is 9.76. The SMILES string of the molecule is Nc1cnc2ccc(Br)cc2c1N1CCCCCC1CO. The molecule has 1 aliphatic heterocycles. The Balaban J connectivity index is 2.16. The summed E-state index contributed by atoms with van der Waals surface area (Å²) in [6, 6.07) is 6.18. The third-order valence-electron chi connectivity index (χ3n) is 4.20. The Morgan fingerprint density at radius 3 is 3.00 bits per heavy atom. The van der Waals surface area contributed by atoms with Gasteiger partial charge in [-0.1, -0.05) is 28.8 Å². The maximum absolute atomic E-state index is 9.76. The quantitative estimate of drug-likeness (QED) is 0.872. The maximum Gasteiger partial charge on any atom is 0.0745 e. The number of fused-ring (bicyclic) bond motifs is 1. The number of aliphatic hydroxyl groups is 1. The molecule has 0 aliphatic carbocycles. The van der Waals surface area contributed by atoms with Crippen molar-refractivity contribution in [2.75, 3.05) is 23.8 Å². The molecule has 5 heteroatoms. The van der Waals surface area contributed by atoms with Gasteiger partial charge in [0, 0.05) is 16.4 Å². The van der Waals surface area contributed by atoms with E-state index in [1.807, 2.05) is 12.1 Å². The summed E-state index contributed by atoms with van der Waals surface area (Å²) in [6.07, 6.45) is 6.24. The van der Waals surface area contributed by atoms with Crippen molar-refractivity contribution in [1.29, 1.82) is 0 Å². The van der Waals surface area contributed by atoms with Crippen molar-refractivity contribution in [1.82, 2.24) is 4.98 Å². The van der Waals surface area contributed by atoms with Gasteiger partial charge in [-0.3, -0.25) is 4.98 Å². The Kier molecular flexibility index (Phi) is 4.31. The Morgan fingerprint density at radius 1 is 1.33 bits per heavy atom. The normalized spacial score (nSPS) is 19.7. The Bertz CT molecular complexity index is 641. The van der Waals surface area contributed by atoms with Crippen molar-refractivity contribution < 1.29 is 5.11 Å². The van der Waals surface area contributed by atoms with Gasteiger partial charge >= 0.3 is 0 Å². The fourth-order valence-corrected chi connectivity index (χ4v) is 3.51.